The predicted octanol–water partition coefficient (Wildman–Crippen LogP) is 10.7. The Bertz CT molecular complexity index is 554. The van der Waals surface area contributed by atoms with Crippen molar-refractivity contribution in [2.45, 2.75) is 212 Å². The number of carbonyl (C=O) groups excluding carboxylic acids is 1. The van der Waals surface area contributed by atoms with Crippen LogP contribution in [0.4, 0.5) is 0 Å². The topological polar surface area (TPSA) is 89.6 Å². The predicted molar refractivity (Wildman–Crippen MR) is 171 cm³/mol. The molecule has 5 nitrogen and oxygen atoms in total. The lowest BCUT2D eigenvalue weighted by Gasteiger charge is -2.18. The summed E-state index contributed by atoms with van der Waals surface area (Å²) in [5.41, 5.74) is 5.75. The van der Waals surface area contributed by atoms with E-state index in [1.54, 1.807) is 0 Å². The van der Waals surface area contributed by atoms with Crippen LogP contribution in [0.5, 0.6) is 0 Å². The van der Waals surface area contributed by atoms with E-state index in [0.717, 1.165) is 19.3 Å². The number of ether oxygens (including phenoxy) is 1. The summed E-state index contributed by atoms with van der Waals surface area (Å²) in [4.78, 5) is 22.7. The lowest BCUT2D eigenvalue weighted by molar-refractivity contribution is -0.151. The molecule has 40 heavy (non-hydrogen) atoms. The number of hydrogen-bond donors (Lipinski definition) is 2. The molecule has 0 fully saturated rings. The lowest BCUT2D eigenvalue weighted by atomic mass is 10.0. The van der Waals surface area contributed by atoms with Crippen LogP contribution in [0.1, 0.15) is 200 Å². The smallest absolute Gasteiger partial charge is 0.323 e. The Morgan fingerprint density at radius 2 is 0.875 bits per heavy atom. The van der Waals surface area contributed by atoms with Crippen LogP contribution in [0.25, 0.3) is 0 Å². The number of aliphatic carboxylic acids is 1. The highest BCUT2D eigenvalue weighted by Crippen LogP contribution is 2.17. The number of esters is 1. The summed E-state index contributed by atoms with van der Waals surface area (Å²) in [7, 11) is 0. The molecule has 0 aliphatic carbocycles. The second-order valence-corrected chi connectivity index (χ2v) is 12.3. The summed E-state index contributed by atoms with van der Waals surface area (Å²) in [5, 5.41) is 8.72. The number of hydrogen-bond acceptors (Lipinski definition) is 4. The number of carboxylic acid groups (broad SMARTS) is 1. The fraction of sp³-hybridized carbons (Fsp3) is 0.943. The van der Waals surface area contributed by atoms with Crippen molar-refractivity contribution >= 4 is 11.9 Å². The number of unbranched alkanes of at least 4 members (excludes halogenated alkanes) is 24. The van der Waals surface area contributed by atoms with Crippen LogP contribution in [0.15, 0.2) is 0 Å². The number of carbonyl (C=O) groups is 2. The van der Waals surface area contributed by atoms with Crippen LogP contribution < -0.4 is 5.73 Å². The van der Waals surface area contributed by atoms with Gasteiger partial charge < -0.3 is 15.6 Å². The Labute approximate surface area is 249 Å². The van der Waals surface area contributed by atoms with Crippen molar-refractivity contribution < 1.29 is 19.4 Å². The molecule has 0 rings (SSSR count). The third kappa shape index (κ3) is 28.4. The highest BCUT2D eigenvalue weighted by molar-refractivity contribution is 5.76. The summed E-state index contributed by atoms with van der Waals surface area (Å²) >= 11 is 0. The molecule has 0 spiro atoms. The molecule has 0 aliphatic rings. The highest BCUT2D eigenvalue weighted by Gasteiger charge is 2.20. The van der Waals surface area contributed by atoms with Crippen molar-refractivity contribution in [3.63, 3.8) is 0 Å². The Morgan fingerprint density at radius 3 is 1.18 bits per heavy atom. The molecule has 5 heteroatoms. The minimum absolute atomic E-state index is 0.104. The molecule has 2 atom stereocenters. The van der Waals surface area contributed by atoms with Gasteiger partial charge >= 0.3 is 11.9 Å². The Kier molecular flexibility index (Phi) is 30.0. The summed E-state index contributed by atoms with van der Waals surface area (Å²) < 4.78 is 5.49. The summed E-state index contributed by atoms with van der Waals surface area (Å²) in [6, 6.07) is -0.839. The summed E-state index contributed by atoms with van der Waals surface area (Å²) in [6.45, 7) is 4.31. The number of nitrogens with two attached hydrogens (primary N) is 1. The molecule has 0 radical (unpaired) electrons. The van der Waals surface area contributed by atoms with Crippen molar-refractivity contribution in [3.8, 4) is 0 Å². The molecule has 0 amide bonds. The lowest BCUT2D eigenvalue weighted by Crippen LogP contribution is -2.35. The van der Waals surface area contributed by atoms with Gasteiger partial charge in [-0.1, -0.05) is 168 Å². The second kappa shape index (κ2) is 30.8. The van der Waals surface area contributed by atoms with Crippen molar-refractivity contribution in [1.29, 1.82) is 0 Å². The Balaban J connectivity index is 3.32. The molecule has 238 valence electrons. The number of rotatable bonds is 32. The van der Waals surface area contributed by atoms with E-state index in [9.17, 15) is 9.59 Å². The SMILES string of the molecule is CCCCCCCCCCCCCCCCCCCCCCCCCCCC(CC)OC(=O)[C@@H](N)CCC(=O)O. The first kappa shape index (κ1) is 38.9. The number of carboxylic acids is 1. The third-order valence-electron chi connectivity index (χ3n) is 8.34. The van der Waals surface area contributed by atoms with Gasteiger partial charge in [0, 0.05) is 6.42 Å². The monoisotopic (exact) mass is 568 g/mol. The van der Waals surface area contributed by atoms with E-state index in [0.29, 0.717) is 0 Å². The molecule has 0 saturated carbocycles. The van der Waals surface area contributed by atoms with Gasteiger partial charge in [-0.3, -0.25) is 9.59 Å². The first-order chi connectivity index (χ1) is 19.5. The van der Waals surface area contributed by atoms with Crippen molar-refractivity contribution in [1.82, 2.24) is 0 Å². The van der Waals surface area contributed by atoms with E-state index in [1.807, 2.05) is 6.92 Å². The minimum Gasteiger partial charge on any atom is -0.481 e. The van der Waals surface area contributed by atoms with Gasteiger partial charge in [0.15, 0.2) is 0 Å². The van der Waals surface area contributed by atoms with Gasteiger partial charge in [-0.25, -0.2) is 0 Å². The summed E-state index contributed by atoms with van der Waals surface area (Å²) in [6.07, 6.45) is 36.3. The first-order valence-electron chi connectivity index (χ1n) is 17.7. The van der Waals surface area contributed by atoms with Crippen molar-refractivity contribution in [2.24, 2.45) is 5.73 Å². The zero-order valence-electron chi connectivity index (χ0n) is 26.9. The maximum atomic E-state index is 12.0. The Morgan fingerprint density at radius 1 is 0.550 bits per heavy atom. The van der Waals surface area contributed by atoms with E-state index in [1.165, 1.54) is 154 Å². The van der Waals surface area contributed by atoms with Crippen LogP contribution in [0.3, 0.4) is 0 Å². The van der Waals surface area contributed by atoms with Gasteiger partial charge in [0.1, 0.15) is 12.1 Å². The third-order valence-corrected chi connectivity index (χ3v) is 8.34. The zero-order valence-corrected chi connectivity index (χ0v) is 26.9. The molecule has 0 aromatic heterocycles. The van der Waals surface area contributed by atoms with Gasteiger partial charge in [-0.15, -0.1) is 0 Å². The molecule has 3 N–H and O–H groups in total. The van der Waals surface area contributed by atoms with Gasteiger partial charge in [0.2, 0.25) is 0 Å². The van der Waals surface area contributed by atoms with E-state index in [-0.39, 0.29) is 18.9 Å². The normalized spacial score (nSPS) is 12.9. The van der Waals surface area contributed by atoms with Gasteiger partial charge in [0.05, 0.1) is 0 Å². The van der Waals surface area contributed by atoms with Gasteiger partial charge in [-0.2, -0.15) is 0 Å². The van der Waals surface area contributed by atoms with Gasteiger partial charge in [-0.05, 0) is 25.7 Å². The van der Waals surface area contributed by atoms with Crippen LogP contribution in [0, 0.1) is 0 Å². The van der Waals surface area contributed by atoms with E-state index in [4.69, 9.17) is 15.6 Å². The van der Waals surface area contributed by atoms with Crippen molar-refractivity contribution in [2.75, 3.05) is 0 Å². The summed E-state index contributed by atoms with van der Waals surface area (Å²) in [5.74, 6) is -1.40. The van der Waals surface area contributed by atoms with Crippen LogP contribution in [0.2, 0.25) is 0 Å². The molecule has 0 saturated heterocycles. The fourth-order valence-electron chi connectivity index (χ4n) is 5.51. The van der Waals surface area contributed by atoms with Crippen LogP contribution in [-0.4, -0.2) is 29.2 Å². The highest BCUT2D eigenvalue weighted by atomic mass is 16.5. The fourth-order valence-corrected chi connectivity index (χ4v) is 5.51. The Hall–Kier alpha value is -1.10. The zero-order chi connectivity index (χ0) is 29.5. The molecular formula is C35H69NO4. The van der Waals surface area contributed by atoms with E-state index < -0.39 is 18.0 Å². The maximum Gasteiger partial charge on any atom is 0.323 e. The molecule has 0 heterocycles. The molecule has 0 aromatic carbocycles. The molecular weight excluding hydrogens is 498 g/mol. The van der Waals surface area contributed by atoms with Crippen LogP contribution in [-0.2, 0) is 14.3 Å². The van der Waals surface area contributed by atoms with Gasteiger partial charge in [0.25, 0.3) is 0 Å². The second-order valence-electron chi connectivity index (χ2n) is 12.3. The largest absolute Gasteiger partial charge is 0.481 e. The molecule has 1 unspecified atom stereocenters. The van der Waals surface area contributed by atoms with Crippen LogP contribution >= 0.6 is 0 Å². The average Bonchev–Trinajstić information content (AvgIpc) is 2.95. The standard InChI is InChI=1S/C35H69NO4/c1-3-5-6-7-8-9-10-11-12-13-14-15-16-17-18-19-20-21-22-23-24-25-26-27-28-29-32(4-2)40-35(39)33(36)30-31-34(37)38/h32-33H,3-31,36H2,1-2H3,(H,37,38)/t32?,33-/m0/s1. The first-order valence-corrected chi connectivity index (χ1v) is 17.7. The molecule has 0 bridgehead atoms. The maximum absolute atomic E-state index is 12.0. The minimum atomic E-state index is -0.939. The molecule has 0 aromatic rings. The van der Waals surface area contributed by atoms with Crippen molar-refractivity contribution in [3.05, 3.63) is 0 Å². The van der Waals surface area contributed by atoms with E-state index >= 15 is 0 Å². The average molecular weight is 568 g/mol. The quantitative estimate of drug-likeness (QED) is 0.0623. The molecule has 0 aliphatic heterocycles. The van der Waals surface area contributed by atoms with E-state index in [2.05, 4.69) is 6.92 Å².